The summed E-state index contributed by atoms with van der Waals surface area (Å²) in [6.07, 6.45) is 3.14. The molecule has 2 nitrogen and oxygen atoms in total. The lowest BCUT2D eigenvalue weighted by atomic mass is 10.2. The van der Waals surface area contributed by atoms with Crippen LogP contribution in [0, 0.1) is 6.92 Å². The lowest BCUT2D eigenvalue weighted by Gasteiger charge is -2.09. The summed E-state index contributed by atoms with van der Waals surface area (Å²) in [6.45, 7) is 7.52. The third-order valence-electron chi connectivity index (χ3n) is 3.07. The SMILES string of the molecule is CCCNC(C)c1cnc(-c2ccc(C)c(Br)c2)s1. The van der Waals surface area contributed by atoms with Gasteiger partial charge >= 0.3 is 0 Å². The van der Waals surface area contributed by atoms with Gasteiger partial charge in [-0.25, -0.2) is 4.98 Å². The van der Waals surface area contributed by atoms with E-state index >= 15 is 0 Å². The molecule has 4 heteroatoms. The number of nitrogens with one attached hydrogen (secondary N) is 1. The summed E-state index contributed by atoms with van der Waals surface area (Å²) in [6, 6.07) is 6.77. The van der Waals surface area contributed by atoms with Gasteiger partial charge in [-0.1, -0.05) is 35.0 Å². The van der Waals surface area contributed by atoms with Crippen molar-refractivity contribution in [2.24, 2.45) is 0 Å². The van der Waals surface area contributed by atoms with E-state index in [1.165, 1.54) is 16.0 Å². The van der Waals surface area contributed by atoms with Crippen LogP contribution in [-0.4, -0.2) is 11.5 Å². The number of aromatic nitrogens is 1. The number of benzene rings is 1. The van der Waals surface area contributed by atoms with Crippen LogP contribution in [0.25, 0.3) is 10.6 Å². The molecule has 1 unspecified atom stereocenters. The Labute approximate surface area is 127 Å². The monoisotopic (exact) mass is 338 g/mol. The first-order valence-corrected chi connectivity index (χ1v) is 8.18. The quantitative estimate of drug-likeness (QED) is 0.834. The molecular weight excluding hydrogens is 320 g/mol. The van der Waals surface area contributed by atoms with Crippen LogP contribution in [0.3, 0.4) is 0 Å². The standard InChI is InChI=1S/C15H19BrN2S/c1-4-7-17-11(3)14-9-18-15(19-14)12-6-5-10(2)13(16)8-12/h5-6,8-9,11,17H,4,7H2,1-3H3. The van der Waals surface area contributed by atoms with E-state index in [1.54, 1.807) is 11.3 Å². The van der Waals surface area contributed by atoms with Gasteiger partial charge in [-0.15, -0.1) is 11.3 Å². The molecule has 0 bridgehead atoms. The van der Waals surface area contributed by atoms with Gasteiger partial charge in [0, 0.05) is 27.2 Å². The molecule has 1 atom stereocenters. The first kappa shape index (κ1) is 14.7. The van der Waals surface area contributed by atoms with Gasteiger partial charge in [-0.3, -0.25) is 0 Å². The summed E-state index contributed by atoms with van der Waals surface area (Å²) < 4.78 is 1.14. The second-order valence-electron chi connectivity index (χ2n) is 4.71. The van der Waals surface area contributed by atoms with E-state index in [0.29, 0.717) is 6.04 Å². The van der Waals surface area contributed by atoms with Gasteiger partial charge in [0.2, 0.25) is 0 Å². The number of nitrogens with zero attached hydrogens (tertiary/aromatic N) is 1. The second kappa shape index (κ2) is 6.64. The van der Waals surface area contributed by atoms with E-state index in [2.05, 4.69) is 65.2 Å². The maximum Gasteiger partial charge on any atom is 0.123 e. The van der Waals surface area contributed by atoms with Gasteiger partial charge < -0.3 is 5.32 Å². The average molecular weight is 339 g/mol. The van der Waals surface area contributed by atoms with Gasteiger partial charge in [0.05, 0.1) is 0 Å². The van der Waals surface area contributed by atoms with Crippen LogP contribution in [0.15, 0.2) is 28.9 Å². The van der Waals surface area contributed by atoms with Crippen molar-refractivity contribution >= 4 is 27.3 Å². The Kier molecular flexibility index (Phi) is 5.13. The number of hydrogen-bond donors (Lipinski definition) is 1. The highest BCUT2D eigenvalue weighted by Crippen LogP contribution is 2.31. The Balaban J connectivity index is 2.18. The summed E-state index contributed by atoms with van der Waals surface area (Å²) in [7, 11) is 0. The summed E-state index contributed by atoms with van der Waals surface area (Å²) in [5.41, 5.74) is 2.43. The minimum Gasteiger partial charge on any atom is -0.309 e. The van der Waals surface area contributed by atoms with Gasteiger partial charge in [-0.2, -0.15) is 0 Å². The van der Waals surface area contributed by atoms with E-state index in [4.69, 9.17) is 0 Å². The van der Waals surface area contributed by atoms with E-state index in [0.717, 1.165) is 22.4 Å². The number of hydrogen-bond acceptors (Lipinski definition) is 3. The van der Waals surface area contributed by atoms with Crippen molar-refractivity contribution in [3.8, 4) is 10.6 Å². The largest absolute Gasteiger partial charge is 0.309 e. The molecule has 1 aromatic carbocycles. The summed E-state index contributed by atoms with van der Waals surface area (Å²) in [5, 5.41) is 4.58. The maximum atomic E-state index is 4.54. The summed E-state index contributed by atoms with van der Waals surface area (Å²) >= 11 is 5.34. The van der Waals surface area contributed by atoms with Crippen LogP contribution < -0.4 is 5.32 Å². The fourth-order valence-corrected chi connectivity index (χ4v) is 3.13. The first-order valence-electron chi connectivity index (χ1n) is 6.57. The maximum absolute atomic E-state index is 4.54. The van der Waals surface area contributed by atoms with Crippen molar-refractivity contribution in [1.29, 1.82) is 0 Å². The van der Waals surface area contributed by atoms with Crippen molar-refractivity contribution in [2.75, 3.05) is 6.54 Å². The van der Waals surface area contributed by atoms with Crippen LogP contribution in [0.2, 0.25) is 0 Å². The minimum absolute atomic E-state index is 0.375. The Morgan fingerprint density at radius 1 is 1.42 bits per heavy atom. The molecule has 0 spiro atoms. The molecule has 1 N–H and O–H groups in total. The zero-order chi connectivity index (χ0) is 13.8. The molecule has 1 aromatic heterocycles. The minimum atomic E-state index is 0.375. The molecule has 1 heterocycles. The summed E-state index contributed by atoms with van der Waals surface area (Å²) in [5.74, 6) is 0. The Morgan fingerprint density at radius 3 is 2.89 bits per heavy atom. The molecule has 0 radical (unpaired) electrons. The molecule has 2 rings (SSSR count). The molecule has 0 aliphatic heterocycles. The fourth-order valence-electron chi connectivity index (χ4n) is 1.81. The van der Waals surface area contributed by atoms with E-state index < -0.39 is 0 Å². The van der Waals surface area contributed by atoms with E-state index in [9.17, 15) is 0 Å². The van der Waals surface area contributed by atoms with Crippen molar-refractivity contribution in [3.63, 3.8) is 0 Å². The van der Waals surface area contributed by atoms with Crippen LogP contribution in [0.1, 0.15) is 36.8 Å². The van der Waals surface area contributed by atoms with Crippen molar-refractivity contribution in [1.82, 2.24) is 10.3 Å². The Bertz CT molecular complexity index is 551. The molecule has 0 amide bonds. The fraction of sp³-hybridized carbons (Fsp3) is 0.400. The molecule has 0 saturated carbocycles. The van der Waals surface area contributed by atoms with Crippen LogP contribution in [-0.2, 0) is 0 Å². The molecular formula is C15H19BrN2S. The normalized spacial score (nSPS) is 12.6. The third-order valence-corrected chi connectivity index (χ3v) is 5.15. The lowest BCUT2D eigenvalue weighted by molar-refractivity contribution is 0.577. The predicted octanol–water partition coefficient (Wildman–Crippen LogP) is 4.94. The average Bonchev–Trinajstić information content (AvgIpc) is 2.89. The molecule has 0 saturated heterocycles. The lowest BCUT2D eigenvalue weighted by Crippen LogP contribution is -2.18. The summed E-state index contributed by atoms with van der Waals surface area (Å²) in [4.78, 5) is 5.84. The highest BCUT2D eigenvalue weighted by molar-refractivity contribution is 9.10. The Morgan fingerprint density at radius 2 is 2.21 bits per heavy atom. The highest BCUT2D eigenvalue weighted by atomic mass is 79.9. The second-order valence-corrected chi connectivity index (χ2v) is 6.62. The van der Waals surface area contributed by atoms with Crippen LogP contribution in [0.4, 0.5) is 0 Å². The van der Waals surface area contributed by atoms with Crippen molar-refractivity contribution in [3.05, 3.63) is 39.3 Å². The van der Waals surface area contributed by atoms with Crippen LogP contribution in [0.5, 0.6) is 0 Å². The zero-order valence-electron chi connectivity index (χ0n) is 11.5. The van der Waals surface area contributed by atoms with E-state index in [1.807, 2.05) is 6.20 Å². The number of halogens is 1. The molecule has 0 aliphatic rings. The molecule has 102 valence electrons. The molecule has 0 aliphatic carbocycles. The van der Waals surface area contributed by atoms with Gasteiger partial charge in [0.15, 0.2) is 0 Å². The van der Waals surface area contributed by atoms with Crippen LogP contribution >= 0.6 is 27.3 Å². The molecule has 2 aromatic rings. The number of thiazole rings is 1. The van der Waals surface area contributed by atoms with Crippen molar-refractivity contribution < 1.29 is 0 Å². The number of aryl methyl sites for hydroxylation is 1. The topological polar surface area (TPSA) is 24.9 Å². The smallest absolute Gasteiger partial charge is 0.123 e. The van der Waals surface area contributed by atoms with Gasteiger partial charge in [0.25, 0.3) is 0 Å². The zero-order valence-corrected chi connectivity index (χ0v) is 13.9. The Hall–Kier alpha value is -0.710. The number of rotatable bonds is 5. The third kappa shape index (κ3) is 3.65. The molecule has 0 fully saturated rings. The van der Waals surface area contributed by atoms with E-state index in [-0.39, 0.29) is 0 Å². The molecule has 19 heavy (non-hydrogen) atoms. The highest BCUT2D eigenvalue weighted by Gasteiger charge is 2.10. The predicted molar refractivity (Wildman–Crippen MR) is 86.7 cm³/mol. The van der Waals surface area contributed by atoms with Gasteiger partial charge in [0.1, 0.15) is 5.01 Å². The van der Waals surface area contributed by atoms with Gasteiger partial charge in [-0.05, 0) is 38.4 Å². The first-order chi connectivity index (χ1) is 9.11. The van der Waals surface area contributed by atoms with Crippen molar-refractivity contribution in [2.45, 2.75) is 33.2 Å².